The molecule has 4 atom stereocenters. The van der Waals surface area contributed by atoms with Crippen molar-refractivity contribution in [1.82, 2.24) is 5.32 Å². The van der Waals surface area contributed by atoms with Crippen LogP contribution in [0.15, 0.2) is 0 Å². The van der Waals surface area contributed by atoms with Crippen molar-refractivity contribution in [3.63, 3.8) is 0 Å². The van der Waals surface area contributed by atoms with Crippen molar-refractivity contribution in [1.29, 1.82) is 0 Å². The third-order valence-corrected chi connectivity index (χ3v) is 4.67. The maximum atomic E-state index is 11.1. The number of fused-ring (bicyclic) bond motifs is 2. The summed E-state index contributed by atoms with van der Waals surface area (Å²) < 4.78 is 10.1. The van der Waals surface area contributed by atoms with Crippen molar-refractivity contribution < 1.29 is 14.3 Å². The summed E-state index contributed by atoms with van der Waals surface area (Å²) >= 11 is 0. The van der Waals surface area contributed by atoms with E-state index >= 15 is 0 Å². The van der Waals surface area contributed by atoms with Gasteiger partial charge >= 0.3 is 5.97 Å². The van der Waals surface area contributed by atoms with Crippen LogP contribution < -0.4 is 5.32 Å². The van der Waals surface area contributed by atoms with Gasteiger partial charge in [0.15, 0.2) is 0 Å². The highest BCUT2D eigenvalue weighted by Gasteiger charge is 2.41. The van der Waals surface area contributed by atoms with Crippen LogP contribution in [0.3, 0.4) is 0 Å². The number of carbonyl (C=O) groups excluding carboxylic acids is 1. The summed E-state index contributed by atoms with van der Waals surface area (Å²) in [7, 11) is 0. The molecule has 1 N–H and O–H groups in total. The molecule has 0 aromatic heterocycles. The van der Waals surface area contributed by atoms with Crippen molar-refractivity contribution >= 4 is 5.97 Å². The predicted molar refractivity (Wildman–Crippen MR) is 73.9 cm³/mol. The molecule has 2 rings (SSSR count). The van der Waals surface area contributed by atoms with E-state index in [9.17, 15) is 4.79 Å². The zero-order chi connectivity index (χ0) is 13.7. The molecule has 19 heavy (non-hydrogen) atoms. The number of esters is 1. The zero-order valence-electron chi connectivity index (χ0n) is 12.2. The van der Waals surface area contributed by atoms with Crippen LogP contribution in [0.5, 0.6) is 0 Å². The number of ether oxygens (including phenoxy) is 2. The molecule has 0 saturated heterocycles. The fourth-order valence-electron chi connectivity index (χ4n) is 3.77. The summed E-state index contributed by atoms with van der Waals surface area (Å²) in [6.07, 6.45) is 5.75. The Kier molecular flexibility index (Phi) is 5.64. The van der Waals surface area contributed by atoms with Crippen LogP contribution in [-0.2, 0) is 14.3 Å². The lowest BCUT2D eigenvalue weighted by Crippen LogP contribution is -2.38. The molecule has 0 radical (unpaired) electrons. The Hall–Kier alpha value is -0.610. The van der Waals surface area contributed by atoms with E-state index < -0.39 is 0 Å². The van der Waals surface area contributed by atoms with Gasteiger partial charge in [0.25, 0.3) is 0 Å². The van der Waals surface area contributed by atoms with Crippen LogP contribution in [0, 0.1) is 17.8 Å². The van der Waals surface area contributed by atoms with Gasteiger partial charge in [0.1, 0.15) is 6.61 Å². The van der Waals surface area contributed by atoms with Crippen molar-refractivity contribution in [2.24, 2.45) is 17.8 Å². The molecule has 110 valence electrons. The first-order chi connectivity index (χ1) is 9.20. The summed E-state index contributed by atoms with van der Waals surface area (Å²) in [4.78, 5) is 11.1. The molecule has 2 fully saturated rings. The van der Waals surface area contributed by atoms with Crippen LogP contribution in [0.4, 0.5) is 0 Å². The van der Waals surface area contributed by atoms with Gasteiger partial charge in [-0.3, -0.25) is 0 Å². The lowest BCUT2D eigenvalue weighted by atomic mass is 9.84. The van der Waals surface area contributed by atoms with Crippen LogP contribution in [0.25, 0.3) is 0 Å². The molecule has 0 aliphatic heterocycles. The summed E-state index contributed by atoms with van der Waals surface area (Å²) in [5.41, 5.74) is 0. The largest absolute Gasteiger partial charge is 0.464 e. The minimum Gasteiger partial charge on any atom is -0.464 e. The molecule has 0 spiro atoms. The number of hydrogen-bond donors (Lipinski definition) is 1. The minimum absolute atomic E-state index is 0.0675. The summed E-state index contributed by atoms with van der Waals surface area (Å²) in [6.45, 7) is 5.96. The summed E-state index contributed by atoms with van der Waals surface area (Å²) in [6, 6.07) is 0.571. The first kappa shape index (κ1) is 14.8. The van der Waals surface area contributed by atoms with E-state index in [0.717, 1.165) is 24.3 Å². The van der Waals surface area contributed by atoms with E-state index in [4.69, 9.17) is 9.47 Å². The SMILES string of the molecule is CCOC(=O)COCCNC(C)C1CC2CCC1C2. The van der Waals surface area contributed by atoms with Crippen molar-refractivity contribution in [3.8, 4) is 0 Å². The Morgan fingerprint density at radius 1 is 1.37 bits per heavy atom. The van der Waals surface area contributed by atoms with Gasteiger partial charge in [-0.2, -0.15) is 0 Å². The standard InChI is InChI=1S/C15H27NO3/c1-3-19-15(17)10-18-7-6-16-11(2)14-9-12-4-5-13(14)8-12/h11-14,16H,3-10H2,1-2H3. The third kappa shape index (κ3) is 4.18. The Bertz CT molecular complexity index is 295. The molecular formula is C15H27NO3. The molecule has 2 aliphatic carbocycles. The molecule has 0 amide bonds. The van der Waals surface area contributed by atoms with Gasteiger partial charge in [0.2, 0.25) is 0 Å². The van der Waals surface area contributed by atoms with Crippen LogP contribution in [0.2, 0.25) is 0 Å². The first-order valence-electron chi connectivity index (χ1n) is 7.67. The highest BCUT2D eigenvalue weighted by molar-refractivity contribution is 5.70. The molecule has 4 heteroatoms. The predicted octanol–water partition coefficient (Wildman–Crippen LogP) is 1.98. The molecule has 0 aromatic carbocycles. The van der Waals surface area contributed by atoms with Gasteiger partial charge in [-0.05, 0) is 50.9 Å². The van der Waals surface area contributed by atoms with E-state index in [2.05, 4.69) is 12.2 Å². The second-order valence-corrected chi connectivity index (χ2v) is 5.94. The Balaban J connectivity index is 1.52. The molecule has 0 aromatic rings. The average Bonchev–Trinajstić information content (AvgIpc) is 3.00. The number of carbonyl (C=O) groups is 1. The van der Waals surface area contributed by atoms with Gasteiger partial charge in [-0.25, -0.2) is 4.79 Å². The van der Waals surface area contributed by atoms with Crippen LogP contribution in [-0.4, -0.2) is 38.4 Å². The zero-order valence-corrected chi connectivity index (χ0v) is 12.2. The van der Waals surface area contributed by atoms with E-state index in [0.29, 0.717) is 19.3 Å². The maximum Gasteiger partial charge on any atom is 0.332 e. The molecular weight excluding hydrogens is 242 g/mol. The monoisotopic (exact) mass is 269 g/mol. The fraction of sp³-hybridized carbons (Fsp3) is 0.933. The van der Waals surface area contributed by atoms with Crippen molar-refractivity contribution in [3.05, 3.63) is 0 Å². The topological polar surface area (TPSA) is 47.6 Å². The van der Waals surface area contributed by atoms with Gasteiger partial charge < -0.3 is 14.8 Å². The van der Waals surface area contributed by atoms with Crippen LogP contribution >= 0.6 is 0 Å². The van der Waals surface area contributed by atoms with Gasteiger partial charge in [-0.15, -0.1) is 0 Å². The minimum atomic E-state index is -0.274. The fourth-order valence-corrected chi connectivity index (χ4v) is 3.77. The average molecular weight is 269 g/mol. The van der Waals surface area contributed by atoms with Crippen molar-refractivity contribution in [2.45, 2.75) is 45.6 Å². The molecule has 2 bridgehead atoms. The molecule has 2 aliphatic rings. The van der Waals surface area contributed by atoms with Crippen LogP contribution in [0.1, 0.15) is 39.5 Å². The van der Waals surface area contributed by atoms with Crippen molar-refractivity contribution in [2.75, 3.05) is 26.4 Å². The maximum absolute atomic E-state index is 11.1. The molecule has 0 heterocycles. The molecule has 4 nitrogen and oxygen atoms in total. The number of nitrogens with one attached hydrogen (secondary N) is 1. The molecule has 2 saturated carbocycles. The van der Waals surface area contributed by atoms with E-state index in [1.165, 1.54) is 25.7 Å². The van der Waals surface area contributed by atoms with E-state index in [1.807, 2.05) is 0 Å². The number of hydrogen-bond acceptors (Lipinski definition) is 4. The van der Waals surface area contributed by atoms with E-state index in [-0.39, 0.29) is 12.6 Å². The third-order valence-electron chi connectivity index (χ3n) is 4.67. The quantitative estimate of drug-likeness (QED) is 0.541. The second kappa shape index (κ2) is 7.25. The lowest BCUT2D eigenvalue weighted by Gasteiger charge is -2.28. The Morgan fingerprint density at radius 2 is 2.21 bits per heavy atom. The molecule has 4 unspecified atom stereocenters. The lowest BCUT2D eigenvalue weighted by molar-refractivity contribution is -0.148. The van der Waals surface area contributed by atoms with Gasteiger partial charge in [0.05, 0.1) is 13.2 Å². The second-order valence-electron chi connectivity index (χ2n) is 5.94. The Labute approximate surface area is 116 Å². The normalized spacial score (nSPS) is 30.5. The van der Waals surface area contributed by atoms with Gasteiger partial charge in [-0.1, -0.05) is 6.42 Å². The summed E-state index contributed by atoms with van der Waals surface area (Å²) in [5, 5.41) is 3.54. The van der Waals surface area contributed by atoms with E-state index in [1.54, 1.807) is 6.92 Å². The Morgan fingerprint density at radius 3 is 2.84 bits per heavy atom. The smallest absolute Gasteiger partial charge is 0.332 e. The summed E-state index contributed by atoms with van der Waals surface area (Å²) in [5.74, 6) is 2.53. The highest BCUT2D eigenvalue weighted by atomic mass is 16.6. The highest BCUT2D eigenvalue weighted by Crippen LogP contribution is 2.49. The first-order valence-corrected chi connectivity index (χ1v) is 7.67. The van der Waals surface area contributed by atoms with Gasteiger partial charge in [0, 0.05) is 12.6 Å². The number of rotatable bonds is 8.